The minimum atomic E-state index is -0.492. The van der Waals surface area contributed by atoms with Crippen LogP contribution in [0, 0.1) is 10.1 Å². The third kappa shape index (κ3) is 4.06. The van der Waals surface area contributed by atoms with Crippen LogP contribution in [0.4, 0.5) is 17.1 Å². The lowest BCUT2D eigenvalue weighted by atomic mass is 10.3. The standard InChI is InChI=1S/C14H13ClN4O2S/c1-18(10-5-3-2-4-6-10)17-14(22)16-13-9-11(19(20)21)7-8-12(13)15/h2-9H,1H3,(H2,16,17,22). The molecule has 0 bridgehead atoms. The van der Waals surface area contributed by atoms with Gasteiger partial charge in [-0.25, -0.2) is 0 Å². The van der Waals surface area contributed by atoms with Crippen LogP contribution in [-0.2, 0) is 0 Å². The van der Waals surface area contributed by atoms with Crippen molar-refractivity contribution in [3.05, 3.63) is 63.7 Å². The molecule has 0 atom stereocenters. The van der Waals surface area contributed by atoms with Crippen LogP contribution in [0.3, 0.4) is 0 Å². The summed E-state index contributed by atoms with van der Waals surface area (Å²) in [5.74, 6) is 0. The first-order chi connectivity index (χ1) is 10.5. The number of hydrogen-bond donors (Lipinski definition) is 2. The van der Waals surface area contributed by atoms with E-state index >= 15 is 0 Å². The summed E-state index contributed by atoms with van der Waals surface area (Å²) in [4.78, 5) is 10.3. The number of thiocarbonyl (C=S) groups is 1. The van der Waals surface area contributed by atoms with E-state index in [1.807, 2.05) is 30.3 Å². The first kappa shape index (κ1) is 16.0. The van der Waals surface area contributed by atoms with Crippen molar-refractivity contribution in [2.45, 2.75) is 0 Å². The van der Waals surface area contributed by atoms with Crippen LogP contribution in [0.5, 0.6) is 0 Å². The fraction of sp³-hybridized carbons (Fsp3) is 0.0714. The maximum Gasteiger partial charge on any atom is 0.271 e. The molecule has 0 radical (unpaired) electrons. The molecule has 0 spiro atoms. The Balaban J connectivity index is 2.06. The van der Waals surface area contributed by atoms with Gasteiger partial charge in [0, 0.05) is 19.2 Å². The number of para-hydroxylation sites is 1. The summed E-state index contributed by atoms with van der Waals surface area (Å²) in [6.07, 6.45) is 0. The molecular formula is C14H13ClN4O2S. The van der Waals surface area contributed by atoms with Gasteiger partial charge in [-0.3, -0.25) is 20.5 Å². The molecule has 2 N–H and O–H groups in total. The van der Waals surface area contributed by atoms with Gasteiger partial charge in [0.15, 0.2) is 5.11 Å². The van der Waals surface area contributed by atoms with E-state index in [1.165, 1.54) is 18.2 Å². The van der Waals surface area contributed by atoms with Gasteiger partial charge in [0.25, 0.3) is 5.69 Å². The largest absolute Gasteiger partial charge is 0.330 e. The third-order valence-electron chi connectivity index (χ3n) is 2.82. The molecule has 0 unspecified atom stereocenters. The number of rotatable bonds is 4. The van der Waals surface area contributed by atoms with Crippen molar-refractivity contribution in [3.8, 4) is 0 Å². The van der Waals surface area contributed by atoms with E-state index in [0.717, 1.165) is 5.69 Å². The molecule has 2 rings (SSSR count). The molecule has 6 nitrogen and oxygen atoms in total. The van der Waals surface area contributed by atoms with Crippen molar-refractivity contribution in [2.24, 2.45) is 0 Å². The average Bonchev–Trinajstić information content (AvgIpc) is 2.50. The molecule has 0 saturated heterocycles. The Kier molecular flexibility index (Phi) is 5.13. The summed E-state index contributed by atoms with van der Waals surface area (Å²) in [5, 5.41) is 16.0. The van der Waals surface area contributed by atoms with E-state index in [1.54, 1.807) is 12.1 Å². The summed E-state index contributed by atoms with van der Waals surface area (Å²) in [5.41, 5.74) is 4.17. The normalized spacial score (nSPS) is 9.91. The van der Waals surface area contributed by atoms with Crippen molar-refractivity contribution in [1.29, 1.82) is 0 Å². The summed E-state index contributed by atoms with van der Waals surface area (Å²) < 4.78 is 0. The van der Waals surface area contributed by atoms with Crippen molar-refractivity contribution in [1.82, 2.24) is 5.43 Å². The fourth-order valence-corrected chi connectivity index (χ4v) is 2.15. The topological polar surface area (TPSA) is 70.4 Å². The summed E-state index contributed by atoms with van der Waals surface area (Å²) in [6, 6.07) is 13.7. The highest BCUT2D eigenvalue weighted by atomic mass is 35.5. The summed E-state index contributed by atoms with van der Waals surface area (Å²) in [7, 11) is 1.80. The average molecular weight is 337 g/mol. The first-order valence-electron chi connectivity index (χ1n) is 6.28. The maximum absolute atomic E-state index is 10.8. The zero-order chi connectivity index (χ0) is 16.1. The van der Waals surface area contributed by atoms with Gasteiger partial charge in [0.1, 0.15) is 0 Å². The minimum absolute atomic E-state index is 0.0638. The smallest absolute Gasteiger partial charge is 0.271 e. The van der Waals surface area contributed by atoms with Crippen LogP contribution in [0.2, 0.25) is 5.02 Å². The number of non-ortho nitro benzene ring substituents is 1. The maximum atomic E-state index is 10.8. The van der Waals surface area contributed by atoms with E-state index < -0.39 is 4.92 Å². The molecular weight excluding hydrogens is 324 g/mol. The molecule has 2 aromatic rings. The van der Waals surface area contributed by atoms with Gasteiger partial charge in [0.05, 0.1) is 21.3 Å². The van der Waals surface area contributed by atoms with Crippen LogP contribution < -0.4 is 15.8 Å². The highest BCUT2D eigenvalue weighted by Crippen LogP contribution is 2.26. The lowest BCUT2D eigenvalue weighted by molar-refractivity contribution is -0.384. The highest BCUT2D eigenvalue weighted by molar-refractivity contribution is 7.80. The van der Waals surface area contributed by atoms with Crippen LogP contribution in [0.1, 0.15) is 0 Å². The molecule has 2 aromatic carbocycles. The van der Waals surface area contributed by atoms with Crippen LogP contribution in [0.25, 0.3) is 0 Å². The number of nitrogens with one attached hydrogen (secondary N) is 2. The van der Waals surface area contributed by atoms with Crippen LogP contribution in [0.15, 0.2) is 48.5 Å². The Labute approximate surface area is 137 Å². The van der Waals surface area contributed by atoms with Crippen molar-refractivity contribution in [3.63, 3.8) is 0 Å². The first-order valence-corrected chi connectivity index (χ1v) is 7.06. The predicted octanol–water partition coefficient (Wildman–Crippen LogP) is 3.59. The Bertz CT molecular complexity index is 696. The Hall–Kier alpha value is -2.38. The van der Waals surface area contributed by atoms with Crippen LogP contribution >= 0.6 is 23.8 Å². The minimum Gasteiger partial charge on any atom is -0.330 e. The van der Waals surface area contributed by atoms with E-state index in [0.29, 0.717) is 10.7 Å². The van der Waals surface area contributed by atoms with Gasteiger partial charge in [0.2, 0.25) is 0 Å². The molecule has 8 heteroatoms. The highest BCUT2D eigenvalue weighted by Gasteiger charge is 2.11. The number of nitro groups is 1. The van der Waals surface area contributed by atoms with E-state index in [9.17, 15) is 10.1 Å². The molecule has 0 heterocycles. The Morgan fingerprint density at radius 2 is 1.95 bits per heavy atom. The molecule has 114 valence electrons. The SMILES string of the molecule is CN(NC(=S)Nc1cc([N+](=O)[O-])ccc1Cl)c1ccccc1. The molecule has 0 aromatic heterocycles. The lowest BCUT2D eigenvalue weighted by Crippen LogP contribution is -2.41. The number of nitro benzene ring substituents is 1. The van der Waals surface area contributed by atoms with E-state index in [-0.39, 0.29) is 10.8 Å². The number of hydrogen-bond acceptors (Lipinski definition) is 4. The van der Waals surface area contributed by atoms with Gasteiger partial charge in [-0.05, 0) is 30.4 Å². The second kappa shape index (κ2) is 7.06. The zero-order valence-electron chi connectivity index (χ0n) is 11.6. The summed E-state index contributed by atoms with van der Waals surface area (Å²) in [6.45, 7) is 0. The lowest BCUT2D eigenvalue weighted by Gasteiger charge is -2.22. The molecule has 0 fully saturated rings. The number of anilines is 2. The monoisotopic (exact) mass is 336 g/mol. The molecule has 0 saturated carbocycles. The molecule has 0 amide bonds. The predicted molar refractivity (Wildman–Crippen MR) is 92.3 cm³/mol. The van der Waals surface area contributed by atoms with Gasteiger partial charge in [-0.15, -0.1) is 0 Å². The van der Waals surface area contributed by atoms with Gasteiger partial charge in [-0.2, -0.15) is 0 Å². The quantitative estimate of drug-likeness (QED) is 0.505. The zero-order valence-corrected chi connectivity index (χ0v) is 13.2. The molecule has 0 aliphatic heterocycles. The number of benzene rings is 2. The van der Waals surface area contributed by atoms with E-state index in [4.69, 9.17) is 23.8 Å². The number of halogens is 1. The molecule has 0 aliphatic rings. The van der Waals surface area contributed by atoms with Gasteiger partial charge < -0.3 is 5.32 Å². The Morgan fingerprint density at radius 3 is 2.59 bits per heavy atom. The number of hydrazine groups is 1. The van der Waals surface area contributed by atoms with E-state index in [2.05, 4.69) is 10.7 Å². The number of nitrogens with zero attached hydrogens (tertiary/aromatic N) is 2. The van der Waals surface area contributed by atoms with Crippen molar-refractivity contribution in [2.75, 3.05) is 17.4 Å². The summed E-state index contributed by atoms with van der Waals surface area (Å²) >= 11 is 11.2. The van der Waals surface area contributed by atoms with Crippen molar-refractivity contribution >= 4 is 46.0 Å². The third-order valence-corrected chi connectivity index (χ3v) is 3.34. The second-order valence-corrected chi connectivity index (χ2v) is 5.20. The van der Waals surface area contributed by atoms with Crippen LogP contribution in [-0.4, -0.2) is 17.1 Å². The van der Waals surface area contributed by atoms with Gasteiger partial charge in [-0.1, -0.05) is 29.8 Å². The molecule has 0 aliphatic carbocycles. The van der Waals surface area contributed by atoms with Gasteiger partial charge >= 0.3 is 0 Å². The fourth-order valence-electron chi connectivity index (χ4n) is 1.74. The second-order valence-electron chi connectivity index (χ2n) is 4.38. The Morgan fingerprint density at radius 1 is 1.27 bits per heavy atom. The van der Waals surface area contributed by atoms with Crippen molar-refractivity contribution < 1.29 is 4.92 Å². The molecule has 22 heavy (non-hydrogen) atoms.